The number of aryl methyl sites for hydroxylation is 1. The SMILES string of the molecule is CC=NC=N/C=C/c1ccc(NC(=O)Cn2nc(C)c(-c3ccc(N(C)C)nc3)c2C)nc1. The molecule has 3 rings (SSSR count). The Balaban J connectivity index is 1.65. The van der Waals surface area contributed by atoms with E-state index in [0.29, 0.717) is 5.82 Å². The Labute approximate surface area is 193 Å². The quantitative estimate of drug-likeness (QED) is 0.421. The van der Waals surface area contributed by atoms with Gasteiger partial charge in [0.1, 0.15) is 24.5 Å². The Bertz CT molecular complexity index is 1170. The van der Waals surface area contributed by atoms with E-state index in [1.807, 2.05) is 64.2 Å². The second kappa shape index (κ2) is 10.9. The molecule has 170 valence electrons. The molecule has 0 aromatic carbocycles. The molecule has 1 N–H and O–H groups in total. The second-order valence-corrected chi connectivity index (χ2v) is 7.52. The van der Waals surface area contributed by atoms with Crippen molar-refractivity contribution < 1.29 is 4.79 Å². The number of hydrogen-bond acceptors (Lipinski definition) is 6. The summed E-state index contributed by atoms with van der Waals surface area (Å²) in [5, 5.41) is 7.38. The number of hydrogen-bond donors (Lipinski definition) is 1. The van der Waals surface area contributed by atoms with E-state index in [1.54, 1.807) is 35.4 Å². The van der Waals surface area contributed by atoms with E-state index < -0.39 is 0 Å². The maximum absolute atomic E-state index is 12.6. The Morgan fingerprint density at radius 3 is 2.58 bits per heavy atom. The van der Waals surface area contributed by atoms with Gasteiger partial charge in [-0.15, -0.1) is 0 Å². The minimum atomic E-state index is -0.203. The van der Waals surface area contributed by atoms with Gasteiger partial charge in [-0.1, -0.05) is 0 Å². The van der Waals surface area contributed by atoms with Crippen molar-refractivity contribution in [2.45, 2.75) is 27.3 Å². The number of carbonyl (C=O) groups is 1. The van der Waals surface area contributed by atoms with E-state index >= 15 is 0 Å². The van der Waals surface area contributed by atoms with Crippen molar-refractivity contribution in [3.63, 3.8) is 0 Å². The van der Waals surface area contributed by atoms with Gasteiger partial charge in [-0.05, 0) is 56.7 Å². The minimum Gasteiger partial charge on any atom is -0.363 e. The molecule has 0 aliphatic heterocycles. The number of nitrogens with one attached hydrogen (secondary N) is 1. The standard InChI is InChI=1S/C24H28N8O/c1-6-25-16-26-12-11-19-7-9-21(27-13-19)29-23(33)15-32-18(3)24(17(2)30-32)20-8-10-22(28-14-20)31(4)5/h6-14,16H,15H2,1-5H3,(H,27,29,33)/b12-11+,25-6?,26-16?. The number of carbonyl (C=O) groups excluding carboxylic acids is 1. The molecule has 0 atom stereocenters. The third-order valence-corrected chi connectivity index (χ3v) is 4.86. The Morgan fingerprint density at radius 1 is 1.12 bits per heavy atom. The Hall–Kier alpha value is -4.14. The van der Waals surface area contributed by atoms with Crippen LogP contribution in [0.25, 0.3) is 17.2 Å². The predicted octanol–water partition coefficient (Wildman–Crippen LogP) is 3.75. The highest BCUT2D eigenvalue weighted by atomic mass is 16.2. The normalized spacial score (nSPS) is 11.7. The number of aromatic nitrogens is 4. The summed E-state index contributed by atoms with van der Waals surface area (Å²) < 4.78 is 1.70. The molecule has 9 heteroatoms. The van der Waals surface area contributed by atoms with E-state index in [-0.39, 0.29) is 12.5 Å². The summed E-state index contributed by atoms with van der Waals surface area (Å²) in [6.07, 6.45) is 10.0. The van der Waals surface area contributed by atoms with E-state index in [4.69, 9.17) is 0 Å². The van der Waals surface area contributed by atoms with Crippen LogP contribution in [0.5, 0.6) is 0 Å². The van der Waals surface area contributed by atoms with E-state index in [1.165, 1.54) is 6.34 Å². The van der Waals surface area contributed by atoms with Crippen molar-refractivity contribution in [1.82, 2.24) is 19.7 Å². The topological polar surface area (TPSA) is 101 Å². The molecule has 0 aliphatic rings. The second-order valence-electron chi connectivity index (χ2n) is 7.52. The van der Waals surface area contributed by atoms with Gasteiger partial charge < -0.3 is 10.2 Å². The van der Waals surface area contributed by atoms with Crippen molar-refractivity contribution in [2.24, 2.45) is 9.98 Å². The lowest BCUT2D eigenvalue weighted by atomic mass is 10.1. The Morgan fingerprint density at radius 2 is 1.94 bits per heavy atom. The summed E-state index contributed by atoms with van der Waals surface area (Å²) in [7, 11) is 3.90. The summed E-state index contributed by atoms with van der Waals surface area (Å²) in [6, 6.07) is 7.58. The molecule has 3 heterocycles. The van der Waals surface area contributed by atoms with Gasteiger partial charge in [0.2, 0.25) is 5.91 Å². The fourth-order valence-corrected chi connectivity index (χ4v) is 3.24. The molecule has 0 radical (unpaired) electrons. The number of nitrogens with zero attached hydrogens (tertiary/aromatic N) is 7. The summed E-state index contributed by atoms with van der Waals surface area (Å²) >= 11 is 0. The van der Waals surface area contributed by atoms with Gasteiger partial charge in [0, 0.05) is 55.7 Å². The predicted molar refractivity (Wildman–Crippen MR) is 134 cm³/mol. The first-order chi connectivity index (χ1) is 15.9. The highest BCUT2D eigenvalue weighted by molar-refractivity contribution is 5.89. The average Bonchev–Trinajstić information content (AvgIpc) is 3.07. The zero-order valence-corrected chi connectivity index (χ0v) is 19.5. The van der Waals surface area contributed by atoms with Crippen LogP contribution in [0.4, 0.5) is 11.6 Å². The molecule has 0 saturated carbocycles. The average molecular weight is 445 g/mol. The van der Waals surface area contributed by atoms with Gasteiger partial charge in [-0.3, -0.25) is 9.48 Å². The zero-order chi connectivity index (χ0) is 23.8. The minimum absolute atomic E-state index is 0.0892. The third kappa shape index (κ3) is 6.19. The van der Waals surface area contributed by atoms with E-state index in [0.717, 1.165) is 33.9 Å². The molecular weight excluding hydrogens is 416 g/mol. The lowest BCUT2D eigenvalue weighted by molar-refractivity contribution is -0.117. The summed E-state index contributed by atoms with van der Waals surface area (Å²) in [6.45, 7) is 5.80. The van der Waals surface area contributed by atoms with Crippen LogP contribution in [-0.4, -0.2) is 52.3 Å². The fourth-order valence-electron chi connectivity index (χ4n) is 3.24. The largest absolute Gasteiger partial charge is 0.363 e. The number of amides is 1. The zero-order valence-electron chi connectivity index (χ0n) is 19.5. The van der Waals surface area contributed by atoms with Crippen LogP contribution in [0.2, 0.25) is 0 Å². The van der Waals surface area contributed by atoms with Crippen LogP contribution < -0.4 is 10.2 Å². The lowest BCUT2D eigenvalue weighted by Gasteiger charge is -2.11. The van der Waals surface area contributed by atoms with Crippen LogP contribution in [-0.2, 0) is 11.3 Å². The van der Waals surface area contributed by atoms with Gasteiger partial charge in [0.15, 0.2) is 0 Å². The Kier molecular flexibility index (Phi) is 7.80. The highest BCUT2D eigenvalue weighted by Crippen LogP contribution is 2.27. The third-order valence-electron chi connectivity index (χ3n) is 4.86. The first-order valence-electron chi connectivity index (χ1n) is 10.5. The van der Waals surface area contributed by atoms with Crippen molar-refractivity contribution in [1.29, 1.82) is 0 Å². The van der Waals surface area contributed by atoms with Crippen molar-refractivity contribution >= 4 is 36.2 Å². The maximum atomic E-state index is 12.6. The smallest absolute Gasteiger partial charge is 0.247 e. The number of rotatable bonds is 8. The fraction of sp³-hybridized carbons (Fsp3) is 0.250. The van der Waals surface area contributed by atoms with Gasteiger partial charge in [-0.25, -0.2) is 20.0 Å². The van der Waals surface area contributed by atoms with Crippen LogP contribution >= 0.6 is 0 Å². The van der Waals surface area contributed by atoms with Gasteiger partial charge in [-0.2, -0.15) is 5.10 Å². The van der Waals surface area contributed by atoms with E-state index in [2.05, 4.69) is 30.4 Å². The molecule has 0 unspecified atom stereocenters. The molecule has 3 aromatic rings. The van der Waals surface area contributed by atoms with Crippen LogP contribution in [0.1, 0.15) is 23.9 Å². The van der Waals surface area contributed by atoms with Crippen molar-refractivity contribution in [2.75, 3.05) is 24.3 Å². The lowest BCUT2D eigenvalue weighted by Crippen LogP contribution is -2.20. The molecule has 0 bridgehead atoms. The van der Waals surface area contributed by atoms with E-state index in [9.17, 15) is 4.79 Å². The summed E-state index contributed by atoms with van der Waals surface area (Å²) in [5.74, 6) is 1.15. The molecule has 33 heavy (non-hydrogen) atoms. The molecule has 0 fully saturated rings. The molecular formula is C24H28N8O. The molecule has 0 spiro atoms. The van der Waals surface area contributed by atoms with Gasteiger partial charge >= 0.3 is 0 Å². The van der Waals surface area contributed by atoms with Crippen molar-refractivity contribution in [3.05, 3.63) is 59.8 Å². The van der Waals surface area contributed by atoms with Gasteiger partial charge in [0.25, 0.3) is 0 Å². The number of aliphatic imine (C=N–C) groups is 2. The first kappa shape index (κ1) is 23.5. The van der Waals surface area contributed by atoms with Crippen molar-refractivity contribution in [3.8, 4) is 11.1 Å². The number of anilines is 2. The number of pyridine rings is 2. The molecule has 9 nitrogen and oxygen atoms in total. The summed E-state index contributed by atoms with van der Waals surface area (Å²) in [4.78, 5) is 31.2. The molecule has 0 saturated heterocycles. The molecule has 0 aliphatic carbocycles. The monoisotopic (exact) mass is 444 g/mol. The first-order valence-corrected chi connectivity index (χ1v) is 10.5. The van der Waals surface area contributed by atoms with Gasteiger partial charge in [0.05, 0.1) is 5.69 Å². The van der Waals surface area contributed by atoms with Crippen LogP contribution in [0.3, 0.4) is 0 Å². The highest BCUT2D eigenvalue weighted by Gasteiger charge is 2.16. The molecule has 1 amide bonds. The molecule has 3 aromatic heterocycles. The van der Waals surface area contributed by atoms with Crippen LogP contribution in [0.15, 0.2) is 52.8 Å². The summed E-state index contributed by atoms with van der Waals surface area (Å²) in [5.41, 5.74) is 4.58. The van der Waals surface area contributed by atoms with Crippen LogP contribution in [0, 0.1) is 13.8 Å². The maximum Gasteiger partial charge on any atom is 0.247 e.